The molecule has 0 spiro atoms. The number of nitrogens with one attached hydrogen (secondary N) is 1. The number of hydrogen-bond acceptors (Lipinski definition) is 7. The summed E-state index contributed by atoms with van der Waals surface area (Å²) in [5, 5.41) is 7.43. The van der Waals surface area contributed by atoms with Gasteiger partial charge in [0.2, 0.25) is 0 Å². The average Bonchev–Trinajstić information content (AvgIpc) is 3.41. The van der Waals surface area contributed by atoms with Gasteiger partial charge in [0, 0.05) is 40.1 Å². The van der Waals surface area contributed by atoms with E-state index in [0.29, 0.717) is 33.3 Å². The maximum absolute atomic E-state index is 13.6. The van der Waals surface area contributed by atoms with E-state index in [1.807, 2.05) is 59.1 Å². The molecule has 1 aliphatic heterocycles. The van der Waals surface area contributed by atoms with Gasteiger partial charge < -0.3 is 20.7 Å². The number of para-hydroxylation sites is 1. The van der Waals surface area contributed by atoms with Gasteiger partial charge in [0.15, 0.2) is 5.82 Å². The molecule has 5 aromatic rings. The van der Waals surface area contributed by atoms with Crippen molar-refractivity contribution in [1.82, 2.24) is 24.1 Å². The summed E-state index contributed by atoms with van der Waals surface area (Å²) in [5.74, 6) is 0.280. The van der Waals surface area contributed by atoms with Crippen LogP contribution in [0.2, 0.25) is 0 Å². The summed E-state index contributed by atoms with van der Waals surface area (Å²) < 4.78 is 9.35. The van der Waals surface area contributed by atoms with Gasteiger partial charge in [-0.2, -0.15) is 5.10 Å². The van der Waals surface area contributed by atoms with Crippen LogP contribution in [0.1, 0.15) is 40.5 Å². The first-order valence-corrected chi connectivity index (χ1v) is 14.9. The van der Waals surface area contributed by atoms with Gasteiger partial charge in [-0.1, -0.05) is 30.3 Å². The molecule has 1 fully saturated rings. The number of fused-ring (bicyclic) bond motifs is 1. The van der Waals surface area contributed by atoms with Crippen LogP contribution in [-0.4, -0.2) is 57.2 Å². The maximum atomic E-state index is 13.6. The number of pyridine rings is 1. The highest BCUT2D eigenvalue weighted by Gasteiger charge is 2.25. The third kappa shape index (κ3) is 5.58. The minimum atomic E-state index is -0.511. The number of amides is 1. The number of hydrogen-bond donors (Lipinski definition) is 2. The van der Waals surface area contributed by atoms with Crippen LogP contribution in [-0.2, 0) is 11.3 Å². The molecule has 0 aliphatic carbocycles. The number of likely N-dealkylation sites (tertiary alicyclic amines) is 1. The van der Waals surface area contributed by atoms with Crippen molar-refractivity contribution in [3.8, 4) is 16.8 Å². The number of nitrogens with two attached hydrogens (primary N) is 1. The molecule has 6 rings (SSSR count). The third-order valence-corrected chi connectivity index (χ3v) is 8.68. The second kappa shape index (κ2) is 12.1. The van der Waals surface area contributed by atoms with Crippen LogP contribution >= 0.6 is 15.9 Å². The molecule has 0 radical (unpaired) electrons. The number of carbonyl (C=O) groups excluding carboxylic acids is 1. The average molecular weight is 643 g/mol. The molecular weight excluding hydrogens is 610 g/mol. The Morgan fingerprint density at radius 3 is 2.51 bits per heavy atom. The number of nitrogens with zero attached hydrogens (tertiary/aromatic N) is 5. The number of benzene rings is 2. The van der Waals surface area contributed by atoms with Crippen LogP contribution in [0.4, 0.5) is 11.5 Å². The Balaban J connectivity index is 1.31. The maximum Gasteiger partial charge on any atom is 0.268 e. The topological polar surface area (TPSA) is 120 Å². The Kier molecular flexibility index (Phi) is 8.11. The minimum absolute atomic E-state index is 0.00535. The molecular formula is C32H32BrN7O3. The van der Waals surface area contributed by atoms with Crippen LogP contribution in [0, 0.1) is 0 Å². The molecule has 0 saturated carbocycles. The molecule has 0 bridgehead atoms. The second-order valence-electron chi connectivity index (χ2n) is 10.8. The quantitative estimate of drug-likeness (QED) is 0.254. The molecule has 1 amide bonds. The second-order valence-corrected chi connectivity index (χ2v) is 11.6. The Hall–Kier alpha value is -4.32. The van der Waals surface area contributed by atoms with Crippen molar-refractivity contribution in [1.29, 1.82) is 0 Å². The van der Waals surface area contributed by atoms with Gasteiger partial charge in [-0.05, 0) is 90.9 Å². The van der Waals surface area contributed by atoms with Crippen molar-refractivity contribution in [2.45, 2.75) is 25.4 Å². The zero-order chi connectivity index (χ0) is 30.1. The normalized spacial score (nSPS) is 14.3. The number of nitrogen functional groups attached to an aromatic ring is 1. The lowest BCUT2D eigenvalue weighted by Crippen LogP contribution is -2.30. The number of aromatic nitrogens is 4. The molecule has 1 aliphatic rings. The van der Waals surface area contributed by atoms with Gasteiger partial charge in [0.25, 0.3) is 11.5 Å². The molecule has 11 heteroatoms. The Morgan fingerprint density at radius 2 is 1.81 bits per heavy atom. The predicted molar refractivity (Wildman–Crippen MR) is 171 cm³/mol. The van der Waals surface area contributed by atoms with E-state index < -0.39 is 11.5 Å². The number of piperidine rings is 1. The summed E-state index contributed by atoms with van der Waals surface area (Å²) in [6, 6.07) is 20.4. The molecule has 0 unspecified atom stereocenters. The molecule has 43 heavy (non-hydrogen) atoms. The summed E-state index contributed by atoms with van der Waals surface area (Å²) >= 11 is 3.53. The van der Waals surface area contributed by atoms with Gasteiger partial charge in [0.05, 0.1) is 12.3 Å². The van der Waals surface area contributed by atoms with E-state index in [4.69, 9.17) is 10.5 Å². The van der Waals surface area contributed by atoms with E-state index in [9.17, 15) is 9.59 Å². The molecule has 2 aromatic carbocycles. The standard InChI is InChI=1S/C32H32BrN7O3/c1-38-14-12-21(13-15-38)27-17-24(29-30(34)35-19-36-40(27)29)20-8-10-22(11-9-20)37-31(41)25-16-26(33)28(18-43-2)39(32(25)42)23-6-4-3-5-7-23/h3-11,16-17,19,21H,12-15,18H2,1-2H3,(H,37,41)(H2,34,35,36). The minimum Gasteiger partial charge on any atom is -0.382 e. The highest BCUT2D eigenvalue weighted by Crippen LogP contribution is 2.36. The van der Waals surface area contributed by atoms with Crippen molar-refractivity contribution in [2.75, 3.05) is 38.3 Å². The number of halogens is 1. The van der Waals surface area contributed by atoms with Crippen molar-refractivity contribution >= 4 is 38.9 Å². The van der Waals surface area contributed by atoms with Crippen LogP contribution in [0.25, 0.3) is 22.3 Å². The summed E-state index contributed by atoms with van der Waals surface area (Å²) in [5.41, 5.74) is 11.5. The number of ether oxygens (including phenoxy) is 1. The van der Waals surface area contributed by atoms with Crippen molar-refractivity contribution in [3.63, 3.8) is 0 Å². The molecule has 1 saturated heterocycles. The van der Waals surface area contributed by atoms with Crippen molar-refractivity contribution < 1.29 is 9.53 Å². The third-order valence-electron chi connectivity index (χ3n) is 7.99. The molecule has 220 valence electrons. The van der Waals surface area contributed by atoms with E-state index in [1.54, 1.807) is 13.2 Å². The number of methoxy groups -OCH3 is 1. The highest BCUT2D eigenvalue weighted by atomic mass is 79.9. The fourth-order valence-electron chi connectivity index (χ4n) is 5.74. The Morgan fingerprint density at radius 1 is 1.09 bits per heavy atom. The fourth-order valence-corrected chi connectivity index (χ4v) is 6.26. The molecule has 10 nitrogen and oxygen atoms in total. The number of rotatable bonds is 7. The van der Waals surface area contributed by atoms with E-state index in [1.165, 1.54) is 10.9 Å². The van der Waals surface area contributed by atoms with Gasteiger partial charge in [-0.3, -0.25) is 14.2 Å². The van der Waals surface area contributed by atoms with Crippen LogP contribution in [0.3, 0.4) is 0 Å². The van der Waals surface area contributed by atoms with Crippen molar-refractivity contribution in [2.24, 2.45) is 0 Å². The largest absolute Gasteiger partial charge is 0.382 e. The van der Waals surface area contributed by atoms with E-state index >= 15 is 0 Å². The lowest BCUT2D eigenvalue weighted by molar-refractivity contribution is 0.102. The van der Waals surface area contributed by atoms with Crippen LogP contribution in [0.15, 0.2) is 82.3 Å². The van der Waals surface area contributed by atoms with E-state index in [2.05, 4.69) is 49.3 Å². The summed E-state index contributed by atoms with van der Waals surface area (Å²) in [7, 11) is 3.71. The zero-order valence-electron chi connectivity index (χ0n) is 24.0. The summed E-state index contributed by atoms with van der Waals surface area (Å²) in [6.07, 6.45) is 3.59. The molecule has 0 atom stereocenters. The van der Waals surface area contributed by atoms with Gasteiger partial charge in [-0.25, -0.2) is 9.50 Å². The van der Waals surface area contributed by atoms with Gasteiger partial charge >= 0.3 is 0 Å². The Bertz CT molecular complexity index is 1840. The lowest BCUT2D eigenvalue weighted by Gasteiger charge is -2.28. The first kappa shape index (κ1) is 28.8. The predicted octanol–water partition coefficient (Wildman–Crippen LogP) is 5.10. The monoisotopic (exact) mass is 641 g/mol. The zero-order valence-corrected chi connectivity index (χ0v) is 25.5. The smallest absolute Gasteiger partial charge is 0.268 e. The summed E-state index contributed by atoms with van der Waals surface area (Å²) in [6.45, 7) is 2.26. The van der Waals surface area contributed by atoms with E-state index in [-0.39, 0.29) is 12.2 Å². The highest BCUT2D eigenvalue weighted by molar-refractivity contribution is 9.10. The fraction of sp³-hybridized carbons (Fsp3) is 0.250. The first-order valence-electron chi connectivity index (χ1n) is 14.1. The van der Waals surface area contributed by atoms with E-state index in [0.717, 1.165) is 48.3 Å². The SMILES string of the molecule is COCc1c(Br)cc(C(=O)Nc2ccc(-c3cc(C4CCN(C)CC4)n4ncnc(N)c34)cc2)c(=O)n1-c1ccccc1. The molecule has 4 heterocycles. The molecule has 3 N–H and O–H groups in total. The molecule has 3 aromatic heterocycles. The first-order chi connectivity index (χ1) is 20.9. The Labute approximate surface area is 257 Å². The van der Waals surface area contributed by atoms with Gasteiger partial charge in [0.1, 0.15) is 17.4 Å². The lowest BCUT2D eigenvalue weighted by atomic mass is 9.93. The van der Waals surface area contributed by atoms with Gasteiger partial charge in [-0.15, -0.1) is 0 Å². The van der Waals surface area contributed by atoms with Crippen LogP contribution in [0.5, 0.6) is 0 Å². The summed E-state index contributed by atoms with van der Waals surface area (Å²) in [4.78, 5) is 33.6. The van der Waals surface area contributed by atoms with Crippen molar-refractivity contribution in [3.05, 3.63) is 105 Å². The number of anilines is 2. The van der Waals surface area contributed by atoms with Crippen LogP contribution < -0.4 is 16.6 Å². The number of carbonyl (C=O) groups is 1.